The first kappa shape index (κ1) is 64.5. The summed E-state index contributed by atoms with van der Waals surface area (Å²) < 4.78 is 0. The van der Waals surface area contributed by atoms with Crippen molar-refractivity contribution in [1.82, 2.24) is 0 Å². The molecule has 0 aliphatic carbocycles. The number of aryl methyl sites for hydroxylation is 2. The van der Waals surface area contributed by atoms with Crippen LogP contribution in [0.1, 0.15) is 102 Å². The van der Waals surface area contributed by atoms with Gasteiger partial charge in [0, 0.05) is 34.1 Å². The van der Waals surface area contributed by atoms with Gasteiger partial charge in [0.15, 0.2) is 0 Å². The molecule has 0 amide bonds. The number of anilines is 6. The van der Waals surface area contributed by atoms with E-state index in [1.54, 1.807) is 0 Å². The summed E-state index contributed by atoms with van der Waals surface area (Å²) in [6, 6.07) is 122. The Bertz CT molecular complexity index is 4370. The highest BCUT2D eigenvalue weighted by atomic mass is 15.1. The van der Waals surface area contributed by atoms with E-state index < -0.39 is 0 Å². The van der Waals surface area contributed by atoms with Crippen molar-refractivity contribution < 1.29 is 0 Å². The molecule has 0 aliphatic rings. The summed E-state index contributed by atoms with van der Waals surface area (Å²) >= 11 is 0. The second-order valence-corrected chi connectivity index (χ2v) is 26.5. The molecule has 482 valence electrons. The second-order valence-electron chi connectivity index (χ2n) is 26.5. The van der Waals surface area contributed by atoms with Crippen LogP contribution in [0.15, 0.2) is 328 Å². The summed E-state index contributed by atoms with van der Waals surface area (Å²) in [5.41, 5.74) is 27.0. The zero-order chi connectivity index (χ0) is 66.2. The van der Waals surface area contributed by atoms with Gasteiger partial charge in [0.2, 0.25) is 0 Å². The molecule has 0 aliphatic heterocycles. The molecule has 0 heterocycles. The zero-order valence-corrected chi connectivity index (χ0v) is 57.0. The standard InChI is InChI=1S/C96H88N2/c1-3-5-7-9-11-17-39-81-69-93(79-53-65-87(66-54-79)97(83-57-45-75(46-58-83)71-31-19-13-20-32-71)84-59-47-76(48-60-84)72-33-21-14-22-34-72)89-41-27-29-43-91(89)95(81)96-82(40-18-12-10-8-6-4-2)70-94(90-42-28-30-44-92(90)96)80-55-67-88(68-56-80)98(85-61-49-77(50-62-85)73-35-23-15-24-36-73)86-63-51-78(52-64-86)74-37-25-16-26-38-74/h13-16,19-38,41-70H,3-12,17-18,39-40H2,1-2H3. The van der Waals surface area contributed by atoms with Crippen molar-refractivity contribution in [3.05, 3.63) is 339 Å². The molecule has 0 N–H and O–H groups in total. The van der Waals surface area contributed by atoms with E-state index in [9.17, 15) is 0 Å². The molecule has 2 heteroatoms. The van der Waals surface area contributed by atoms with Gasteiger partial charge in [-0.2, -0.15) is 0 Å². The summed E-state index contributed by atoms with van der Waals surface area (Å²) in [4.78, 5) is 4.81. The monoisotopic (exact) mass is 1270 g/mol. The molecular weight excluding hydrogens is 1180 g/mol. The molecule has 98 heavy (non-hydrogen) atoms. The minimum Gasteiger partial charge on any atom is -0.311 e. The highest BCUT2D eigenvalue weighted by molar-refractivity contribution is 6.14. The van der Waals surface area contributed by atoms with Crippen LogP contribution in [0, 0.1) is 0 Å². The lowest BCUT2D eigenvalue weighted by molar-refractivity contribution is 0.607. The highest BCUT2D eigenvalue weighted by Gasteiger charge is 2.24. The van der Waals surface area contributed by atoms with Gasteiger partial charge in [0.25, 0.3) is 0 Å². The van der Waals surface area contributed by atoms with Gasteiger partial charge in [-0.25, -0.2) is 0 Å². The van der Waals surface area contributed by atoms with E-state index in [4.69, 9.17) is 0 Å². The average Bonchev–Trinajstić information content (AvgIpc) is 0.732. The molecule has 0 radical (unpaired) electrons. The van der Waals surface area contributed by atoms with Crippen molar-refractivity contribution >= 4 is 55.7 Å². The molecule has 14 aromatic carbocycles. The Balaban J connectivity index is 0.870. The van der Waals surface area contributed by atoms with Gasteiger partial charge < -0.3 is 9.80 Å². The third kappa shape index (κ3) is 14.6. The largest absolute Gasteiger partial charge is 0.311 e. The Morgan fingerprint density at radius 1 is 0.194 bits per heavy atom. The molecular formula is C96H88N2. The van der Waals surface area contributed by atoms with Gasteiger partial charge in [-0.3, -0.25) is 0 Å². The molecule has 2 nitrogen and oxygen atoms in total. The number of hydrogen-bond acceptors (Lipinski definition) is 2. The van der Waals surface area contributed by atoms with Crippen molar-refractivity contribution in [1.29, 1.82) is 0 Å². The number of hydrogen-bond donors (Lipinski definition) is 0. The Labute approximate surface area is 582 Å². The average molecular weight is 1270 g/mol. The molecule has 0 saturated carbocycles. The van der Waals surface area contributed by atoms with E-state index in [1.807, 2.05) is 0 Å². The third-order valence-electron chi connectivity index (χ3n) is 19.9. The molecule has 0 spiro atoms. The lowest BCUT2D eigenvalue weighted by Gasteiger charge is -2.27. The zero-order valence-electron chi connectivity index (χ0n) is 57.0. The van der Waals surface area contributed by atoms with Gasteiger partial charge in [-0.05, 0) is 221 Å². The first-order valence-corrected chi connectivity index (χ1v) is 36.1. The van der Waals surface area contributed by atoms with E-state index >= 15 is 0 Å². The second kappa shape index (κ2) is 31.4. The summed E-state index contributed by atoms with van der Waals surface area (Å²) in [6.45, 7) is 4.64. The van der Waals surface area contributed by atoms with Crippen molar-refractivity contribution in [3.8, 4) is 77.9 Å². The SMILES string of the molecule is CCCCCCCCc1cc(-c2ccc(N(c3ccc(-c4ccccc4)cc3)c3ccc(-c4ccccc4)cc3)cc2)c2ccccc2c1-c1c(CCCCCCCC)cc(-c2ccc(N(c3ccc(-c4ccccc4)cc3)c3ccc(-c4ccccc4)cc3)cc2)c2ccccc12. The summed E-state index contributed by atoms with van der Waals surface area (Å²) in [5.74, 6) is 0. The predicted molar refractivity (Wildman–Crippen MR) is 423 cm³/mol. The molecule has 0 unspecified atom stereocenters. The van der Waals surface area contributed by atoms with E-state index in [2.05, 4.69) is 351 Å². The Kier molecular flexibility index (Phi) is 20.7. The van der Waals surface area contributed by atoms with Crippen molar-refractivity contribution in [2.75, 3.05) is 9.80 Å². The van der Waals surface area contributed by atoms with Crippen LogP contribution >= 0.6 is 0 Å². The van der Waals surface area contributed by atoms with Crippen LogP contribution in [0.3, 0.4) is 0 Å². The van der Waals surface area contributed by atoms with Crippen LogP contribution in [-0.4, -0.2) is 0 Å². The number of unbranched alkanes of at least 4 members (excludes halogenated alkanes) is 10. The van der Waals surface area contributed by atoms with Crippen LogP contribution in [0.5, 0.6) is 0 Å². The van der Waals surface area contributed by atoms with Crippen LogP contribution in [0.2, 0.25) is 0 Å². The van der Waals surface area contributed by atoms with Gasteiger partial charge in [-0.15, -0.1) is 0 Å². The number of benzene rings is 14. The van der Waals surface area contributed by atoms with Crippen molar-refractivity contribution in [2.24, 2.45) is 0 Å². The quantitative estimate of drug-likeness (QED) is 0.0474. The van der Waals surface area contributed by atoms with Crippen LogP contribution < -0.4 is 9.80 Å². The number of rotatable bonds is 27. The molecule has 0 fully saturated rings. The Morgan fingerprint density at radius 2 is 0.408 bits per heavy atom. The molecule has 0 aromatic heterocycles. The number of nitrogens with zero attached hydrogens (tertiary/aromatic N) is 2. The first-order chi connectivity index (χ1) is 48.6. The van der Waals surface area contributed by atoms with Gasteiger partial charge >= 0.3 is 0 Å². The summed E-state index contributed by atoms with van der Waals surface area (Å²) in [5, 5.41) is 5.23. The molecule has 14 rings (SSSR count). The maximum atomic E-state index is 2.60. The fourth-order valence-corrected chi connectivity index (χ4v) is 14.7. The fraction of sp³-hybridized carbons (Fsp3) is 0.167. The first-order valence-electron chi connectivity index (χ1n) is 36.1. The Morgan fingerprint density at radius 3 is 0.673 bits per heavy atom. The third-order valence-corrected chi connectivity index (χ3v) is 19.9. The highest BCUT2D eigenvalue weighted by Crippen LogP contribution is 2.48. The molecule has 0 saturated heterocycles. The van der Waals surface area contributed by atoms with Crippen molar-refractivity contribution in [2.45, 2.75) is 104 Å². The van der Waals surface area contributed by atoms with E-state index in [1.165, 1.54) is 175 Å². The van der Waals surface area contributed by atoms with Crippen LogP contribution in [0.25, 0.3) is 99.4 Å². The minimum atomic E-state index is 1.01. The maximum absolute atomic E-state index is 2.60. The van der Waals surface area contributed by atoms with Gasteiger partial charge in [-0.1, -0.05) is 321 Å². The predicted octanol–water partition coefficient (Wildman–Crippen LogP) is 28.4. The Hall–Kier alpha value is -10.8. The maximum Gasteiger partial charge on any atom is 0.0462 e. The summed E-state index contributed by atoms with van der Waals surface area (Å²) in [7, 11) is 0. The molecule has 0 bridgehead atoms. The van der Waals surface area contributed by atoms with Gasteiger partial charge in [0.1, 0.15) is 0 Å². The van der Waals surface area contributed by atoms with E-state index in [0.29, 0.717) is 0 Å². The topological polar surface area (TPSA) is 6.48 Å². The normalized spacial score (nSPS) is 11.3. The molecule has 14 aromatic rings. The lowest BCUT2D eigenvalue weighted by Crippen LogP contribution is -2.09. The summed E-state index contributed by atoms with van der Waals surface area (Å²) in [6.07, 6.45) is 17.0. The van der Waals surface area contributed by atoms with Crippen molar-refractivity contribution in [3.63, 3.8) is 0 Å². The van der Waals surface area contributed by atoms with Crippen LogP contribution in [-0.2, 0) is 12.8 Å². The fourth-order valence-electron chi connectivity index (χ4n) is 14.7. The lowest BCUT2D eigenvalue weighted by atomic mass is 9.80. The van der Waals surface area contributed by atoms with E-state index in [-0.39, 0.29) is 0 Å². The smallest absolute Gasteiger partial charge is 0.0462 e. The van der Waals surface area contributed by atoms with E-state index in [0.717, 1.165) is 59.8 Å². The minimum absolute atomic E-state index is 1.01. The number of fused-ring (bicyclic) bond motifs is 2. The molecule has 0 atom stereocenters. The van der Waals surface area contributed by atoms with Crippen LogP contribution in [0.4, 0.5) is 34.1 Å². The van der Waals surface area contributed by atoms with Gasteiger partial charge in [0.05, 0.1) is 0 Å².